The number of nitrogens with zero attached hydrogens (tertiary/aromatic N) is 6. The van der Waals surface area contributed by atoms with E-state index >= 15 is 0 Å². The highest BCUT2D eigenvalue weighted by atomic mass is 19.1. The molecule has 7 rings (SSSR count). The molecule has 0 spiro atoms. The maximum atomic E-state index is 14.3. The van der Waals surface area contributed by atoms with Crippen molar-refractivity contribution in [2.45, 2.75) is 57.8 Å². The molecule has 11 heteroatoms. The summed E-state index contributed by atoms with van der Waals surface area (Å²) >= 11 is 0. The summed E-state index contributed by atoms with van der Waals surface area (Å²) in [7, 11) is 5.26. The Bertz CT molecular complexity index is 1790. The molecule has 2 amide bonds. The highest BCUT2D eigenvalue weighted by Crippen LogP contribution is 2.39. The maximum absolute atomic E-state index is 14.3. The summed E-state index contributed by atoms with van der Waals surface area (Å²) in [5, 5.41) is 6.20. The number of pyridine rings is 1. The summed E-state index contributed by atoms with van der Waals surface area (Å²) in [5.74, 6) is 1.21. The van der Waals surface area contributed by atoms with Crippen LogP contribution in [0.5, 0.6) is 5.75 Å². The van der Waals surface area contributed by atoms with Crippen LogP contribution in [0.1, 0.15) is 48.0 Å². The SMILES string of the molecule is COc1cc(C(=O)N2C[C@H](N)C[C@@H](F)C2)cn2nc(-c3cc4ccc(N5CCC(C(=O)N(C)C)CC5)cc4n3CC3CC3)c(C)c12. The van der Waals surface area contributed by atoms with E-state index < -0.39 is 6.17 Å². The fourth-order valence-corrected chi connectivity index (χ4v) is 7.37. The van der Waals surface area contributed by atoms with Gasteiger partial charge in [0.25, 0.3) is 5.91 Å². The van der Waals surface area contributed by atoms with Crippen molar-refractivity contribution in [2.24, 2.45) is 17.6 Å². The number of amides is 2. The quantitative estimate of drug-likeness (QED) is 0.323. The molecule has 3 aromatic heterocycles. The molecule has 2 aliphatic heterocycles. The molecule has 3 aliphatic rings. The number of piperidine rings is 2. The first-order valence-electron chi connectivity index (χ1n) is 16.5. The zero-order valence-corrected chi connectivity index (χ0v) is 27.2. The minimum Gasteiger partial charge on any atom is -0.494 e. The number of ether oxygens (including phenoxy) is 1. The summed E-state index contributed by atoms with van der Waals surface area (Å²) in [4.78, 5) is 31.6. The number of aryl methyl sites for hydroxylation is 1. The first-order chi connectivity index (χ1) is 22.1. The number of fused-ring (bicyclic) bond motifs is 2. The topological polar surface area (TPSA) is 101 Å². The molecule has 10 nitrogen and oxygen atoms in total. The third-order valence-electron chi connectivity index (χ3n) is 10.0. The Balaban J connectivity index is 1.25. The van der Waals surface area contributed by atoms with E-state index in [9.17, 15) is 14.0 Å². The van der Waals surface area contributed by atoms with E-state index in [4.69, 9.17) is 15.6 Å². The number of methoxy groups -OCH3 is 1. The molecule has 244 valence electrons. The highest BCUT2D eigenvalue weighted by molar-refractivity contribution is 5.96. The van der Waals surface area contributed by atoms with Gasteiger partial charge in [-0.3, -0.25) is 9.59 Å². The normalized spacial score (nSPS) is 20.9. The lowest BCUT2D eigenvalue weighted by atomic mass is 9.95. The Morgan fingerprint density at radius 3 is 2.52 bits per heavy atom. The number of hydrogen-bond acceptors (Lipinski definition) is 6. The van der Waals surface area contributed by atoms with Crippen LogP contribution in [-0.2, 0) is 11.3 Å². The van der Waals surface area contributed by atoms with Crippen molar-refractivity contribution in [3.05, 3.63) is 47.7 Å². The Kier molecular flexibility index (Phi) is 7.91. The van der Waals surface area contributed by atoms with E-state index in [2.05, 4.69) is 33.7 Å². The van der Waals surface area contributed by atoms with Gasteiger partial charge in [-0.25, -0.2) is 8.91 Å². The van der Waals surface area contributed by atoms with Gasteiger partial charge in [0, 0.05) is 75.1 Å². The highest BCUT2D eigenvalue weighted by Gasteiger charge is 2.31. The molecule has 4 aromatic rings. The molecule has 46 heavy (non-hydrogen) atoms. The lowest BCUT2D eigenvalue weighted by molar-refractivity contribution is -0.133. The number of nitrogens with two attached hydrogens (primary N) is 1. The zero-order chi connectivity index (χ0) is 32.3. The minimum atomic E-state index is -1.13. The number of benzene rings is 1. The molecule has 2 saturated heterocycles. The fourth-order valence-electron chi connectivity index (χ4n) is 7.37. The summed E-state index contributed by atoms with van der Waals surface area (Å²) in [6.45, 7) is 5.02. The number of rotatable bonds is 7. The monoisotopic (exact) mass is 629 g/mol. The van der Waals surface area contributed by atoms with Crippen LogP contribution in [0, 0.1) is 18.8 Å². The summed E-state index contributed by atoms with van der Waals surface area (Å²) in [6.07, 6.45) is 5.00. The van der Waals surface area contributed by atoms with Crippen molar-refractivity contribution in [1.82, 2.24) is 24.0 Å². The molecule has 1 aromatic carbocycles. The van der Waals surface area contributed by atoms with Gasteiger partial charge in [-0.2, -0.15) is 5.10 Å². The van der Waals surface area contributed by atoms with Crippen molar-refractivity contribution in [1.29, 1.82) is 0 Å². The van der Waals surface area contributed by atoms with Crippen LogP contribution >= 0.6 is 0 Å². The molecule has 5 heterocycles. The first kappa shape index (κ1) is 30.5. The standard InChI is InChI=1S/C35H44FN7O3/c1-21-32(38-43-18-25(14-31(46-4)33(21)43)35(45)41-19-26(36)15-27(37)20-41)30-13-24-7-8-28(16-29(24)42(30)17-22-5-6-22)40-11-9-23(10-12-40)34(44)39(2)3/h7-8,13-14,16,18,22-23,26-27H,5-6,9-12,15,17,19-20,37H2,1-4H3/t26-,27-/m1/s1. The van der Waals surface area contributed by atoms with Gasteiger partial charge in [-0.1, -0.05) is 6.07 Å². The summed E-state index contributed by atoms with van der Waals surface area (Å²) < 4.78 is 24.2. The van der Waals surface area contributed by atoms with E-state index in [0.29, 0.717) is 23.8 Å². The second kappa shape index (κ2) is 11.9. The van der Waals surface area contributed by atoms with Crippen molar-refractivity contribution in [3.63, 3.8) is 0 Å². The largest absolute Gasteiger partial charge is 0.494 e. The van der Waals surface area contributed by atoms with E-state index in [0.717, 1.165) is 60.3 Å². The molecule has 0 radical (unpaired) electrons. The van der Waals surface area contributed by atoms with Gasteiger partial charge in [0.1, 0.15) is 23.1 Å². The Morgan fingerprint density at radius 2 is 1.85 bits per heavy atom. The second-order valence-electron chi connectivity index (χ2n) is 13.7. The summed E-state index contributed by atoms with van der Waals surface area (Å²) in [6, 6.07) is 10.2. The van der Waals surface area contributed by atoms with Gasteiger partial charge in [-0.05, 0) is 69.2 Å². The first-order valence-corrected chi connectivity index (χ1v) is 16.5. The van der Waals surface area contributed by atoms with Crippen molar-refractivity contribution in [3.8, 4) is 17.1 Å². The van der Waals surface area contributed by atoms with Crippen LogP contribution in [0.2, 0.25) is 0 Å². The lowest BCUT2D eigenvalue weighted by Gasteiger charge is -2.34. The molecule has 0 unspecified atom stereocenters. The zero-order valence-electron chi connectivity index (χ0n) is 27.2. The second-order valence-corrected chi connectivity index (χ2v) is 13.7. The van der Waals surface area contributed by atoms with Crippen LogP contribution in [0.4, 0.5) is 10.1 Å². The number of halogens is 1. The number of hydrogen-bond donors (Lipinski definition) is 1. The molecule has 1 saturated carbocycles. The number of likely N-dealkylation sites (tertiary alicyclic amines) is 1. The van der Waals surface area contributed by atoms with Gasteiger partial charge in [0.2, 0.25) is 5.91 Å². The summed E-state index contributed by atoms with van der Waals surface area (Å²) in [5.41, 5.74) is 12.4. The number of alkyl halides is 1. The van der Waals surface area contributed by atoms with E-state index in [1.54, 1.807) is 28.8 Å². The van der Waals surface area contributed by atoms with Crippen molar-refractivity contribution < 1.29 is 18.7 Å². The van der Waals surface area contributed by atoms with Crippen LogP contribution in [0.15, 0.2) is 36.5 Å². The molecule has 2 N–H and O–H groups in total. The third kappa shape index (κ3) is 5.59. The van der Waals surface area contributed by atoms with Gasteiger partial charge >= 0.3 is 0 Å². The predicted molar refractivity (Wildman–Crippen MR) is 177 cm³/mol. The smallest absolute Gasteiger partial charge is 0.255 e. The van der Waals surface area contributed by atoms with Crippen LogP contribution in [0.25, 0.3) is 27.8 Å². The lowest BCUT2D eigenvalue weighted by Crippen LogP contribution is -2.50. The van der Waals surface area contributed by atoms with Crippen LogP contribution in [-0.4, -0.2) is 95.4 Å². The number of anilines is 1. The number of carbonyl (C=O) groups is 2. The maximum Gasteiger partial charge on any atom is 0.255 e. The average Bonchev–Trinajstić information content (AvgIpc) is 3.72. The Morgan fingerprint density at radius 1 is 1.09 bits per heavy atom. The van der Waals surface area contributed by atoms with E-state index in [1.165, 1.54) is 28.9 Å². The fraction of sp³-hybridized carbons (Fsp3) is 0.514. The molecule has 3 fully saturated rings. The molecule has 1 aliphatic carbocycles. The predicted octanol–water partition coefficient (Wildman–Crippen LogP) is 4.50. The van der Waals surface area contributed by atoms with Gasteiger partial charge in [0.05, 0.1) is 30.4 Å². The van der Waals surface area contributed by atoms with Gasteiger partial charge in [0.15, 0.2) is 0 Å². The molecule has 2 atom stereocenters. The number of aromatic nitrogens is 3. The number of carbonyl (C=O) groups excluding carboxylic acids is 2. The minimum absolute atomic E-state index is 0.0335. The Labute approximate surface area is 268 Å². The van der Waals surface area contributed by atoms with Crippen LogP contribution in [0.3, 0.4) is 0 Å². The molecule has 0 bridgehead atoms. The third-order valence-corrected chi connectivity index (χ3v) is 10.0. The molecular formula is C35H44FN7O3. The van der Waals surface area contributed by atoms with E-state index in [1.807, 2.05) is 21.0 Å². The Hall–Kier alpha value is -4.12. The van der Waals surface area contributed by atoms with Crippen molar-refractivity contribution in [2.75, 3.05) is 52.3 Å². The van der Waals surface area contributed by atoms with Gasteiger partial charge < -0.3 is 29.7 Å². The van der Waals surface area contributed by atoms with Gasteiger partial charge in [-0.15, -0.1) is 0 Å². The van der Waals surface area contributed by atoms with E-state index in [-0.39, 0.29) is 36.7 Å². The molecular weight excluding hydrogens is 585 g/mol. The average molecular weight is 630 g/mol. The van der Waals surface area contributed by atoms with Crippen LogP contribution < -0.4 is 15.4 Å². The van der Waals surface area contributed by atoms with Crippen molar-refractivity contribution >= 4 is 33.9 Å².